The molecule has 1 saturated heterocycles. The number of hydrogen-bond acceptors (Lipinski definition) is 3. The van der Waals surface area contributed by atoms with Gasteiger partial charge in [-0.05, 0) is 31.1 Å². The van der Waals surface area contributed by atoms with Crippen LogP contribution >= 0.6 is 0 Å². The molecule has 1 aliphatic heterocycles. The van der Waals surface area contributed by atoms with Crippen LogP contribution in [0.3, 0.4) is 0 Å². The Bertz CT molecular complexity index is 269. The highest BCUT2D eigenvalue weighted by atomic mass is 16.5. The molecule has 0 spiro atoms. The maximum Gasteiger partial charge on any atom is 0.236 e. The lowest BCUT2D eigenvalue weighted by molar-refractivity contribution is -0.133. The van der Waals surface area contributed by atoms with E-state index in [-0.39, 0.29) is 5.91 Å². The van der Waals surface area contributed by atoms with Crippen LogP contribution in [0, 0.1) is 11.8 Å². The molecule has 1 rings (SSSR count). The first-order valence-corrected chi connectivity index (χ1v) is 7.55. The monoisotopic (exact) mass is 270 g/mol. The van der Waals surface area contributed by atoms with E-state index in [1.165, 1.54) is 6.42 Å². The van der Waals surface area contributed by atoms with E-state index in [9.17, 15) is 4.79 Å². The predicted molar refractivity (Wildman–Crippen MR) is 78.1 cm³/mol. The van der Waals surface area contributed by atoms with Gasteiger partial charge >= 0.3 is 0 Å². The van der Waals surface area contributed by atoms with Crippen molar-refractivity contribution in [2.75, 3.05) is 33.4 Å². The van der Waals surface area contributed by atoms with Crippen LogP contribution in [0.5, 0.6) is 0 Å². The quantitative estimate of drug-likeness (QED) is 0.750. The van der Waals surface area contributed by atoms with Crippen molar-refractivity contribution in [2.24, 2.45) is 11.8 Å². The fourth-order valence-corrected chi connectivity index (χ4v) is 2.75. The van der Waals surface area contributed by atoms with Crippen molar-refractivity contribution < 1.29 is 9.53 Å². The smallest absolute Gasteiger partial charge is 0.236 e. The lowest BCUT2D eigenvalue weighted by Gasteiger charge is -2.33. The number of likely N-dealkylation sites (tertiary alicyclic amines) is 1. The SMILES string of the molecule is COCCNCC(=O)N1CC[C@H](C)CC[C@@H]1C(C)C. The van der Waals surface area contributed by atoms with Crippen molar-refractivity contribution >= 4 is 5.91 Å². The number of methoxy groups -OCH3 is 1. The maximum absolute atomic E-state index is 12.4. The van der Waals surface area contributed by atoms with Crippen molar-refractivity contribution in [3.05, 3.63) is 0 Å². The van der Waals surface area contributed by atoms with Gasteiger partial charge in [0.15, 0.2) is 0 Å². The van der Waals surface area contributed by atoms with E-state index < -0.39 is 0 Å². The Kier molecular flexibility index (Phi) is 7.39. The van der Waals surface area contributed by atoms with Crippen molar-refractivity contribution in [1.82, 2.24) is 10.2 Å². The van der Waals surface area contributed by atoms with Gasteiger partial charge in [0.1, 0.15) is 0 Å². The molecule has 1 fully saturated rings. The fraction of sp³-hybridized carbons (Fsp3) is 0.933. The molecule has 4 nitrogen and oxygen atoms in total. The molecule has 4 heteroatoms. The summed E-state index contributed by atoms with van der Waals surface area (Å²) in [5.74, 6) is 1.51. The second-order valence-electron chi connectivity index (χ2n) is 6.04. The van der Waals surface area contributed by atoms with E-state index in [4.69, 9.17) is 4.74 Å². The van der Waals surface area contributed by atoms with Crippen LogP contribution in [0.2, 0.25) is 0 Å². The molecule has 0 saturated carbocycles. The molecule has 0 aromatic heterocycles. The Balaban J connectivity index is 2.51. The average Bonchev–Trinajstić information content (AvgIpc) is 2.56. The molecule has 0 radical (unpaired) electrons. The largest absolute Gasteiger partial charge is 0.383 e. The van der Waals surface area contributed by atoms with Crippen molar-refractivity contribution in [3.63, 3.8) is 0 Å². The predicted octanol–water partition coefficient (Wildman–Crippen LogP) is 1.90. The van der Waals surface area contributed by atoms with Gasteiger partial charge in [0, 0.05) is 26.2 Å². The number of amides is 1. The molecule has 1 N–H and O–H groups in total. The zero-order valence-corrected chi connectivity index (χ0v) is 12.9. The van der Waals surface area contributed by atoms with Gasteiger partial charge in [-0.2, -0.15) is 0 Å². The first-order valence-electron chi connectivity index (χ1n) is 7.55. The minimum absolute atomic E-state index is 0.240. The average molecular weight is 270 g/mol. The first-order chi connectivity index (χ1) is 9.06. The highest BCUT2D eigenvalue weighted by Crippen LogP contribution is 2.25. The fourth-order valence-electron chi connectivity index (χ4n) is 2.75. The number of nitrogens with zero attached hydrogens (tertiary/aromatic N) is 1. The number of hydrogen-bond donors (Lipinski definition) is 1. The van der Waals surface area contributed by atoms with Gasteiger partial charge in [0.2, 0.25) is 5.91 Å². The van der Waals surface area contributed by atoms with Crippen LogP contribution in [0.15, 0.2) is 0 Å². The van der Waals surface area contributed by atoms with Crippen LogP contribution in [0.25, 0.3) is 0 Å². The van der Waals surface area contributed by atoms with Crippen LogP contribution < -0.4 is 5.32 Å². The number of carbonyl (C=O) groups is 1. The Hall–Kier alpha value is -0.610. The third-order valence-corrected chi connectivity index (χ3v) is 4.07. The standard InChI is InChI=1S/C15H30N2O2/c1-12(2)14-6-5-13(3)7-9-17(14)15(18)11-16-8-10-19-4/h12-14,16H,5-11H2,1-4H3/t13-,14-/m1/s1. The molecular weight excluding hydrogens is 240 g/mol. The van der Waals surface area contributed by atoms with E-state index in [0.29, 0.717) is 25.1 Å². The van der Waals surface area contributed by atoms with Crippen LogP contribution in [-0.2, 0) is 9.53 Å². The molecule has 1 amide bonds. The second-order valence-corrected chi connectivity index (χ2v) is 6.04. The van der Waals surface area contributed by atoms with Gasteiger partial charge in [-0.1, -0.05) is 20.8 Å². The van der Waals surface area contributed by atoms with Gasteiger partial charge in [-0.15, -0.1) is 0 Å². The topological polar surface area (TPSA) is 41.6 Å². The zero-order valence-electron chi connectivity index (χ0n) is 12.9. The third-order valence-electron chi connectivity index (χ3n) is 4.07. The lowest BCUT2D eigenvalue weighted by atomic mass is 9.95. The first kappa shape index (κ1) is 16.4. The lowest BCUT2D eigenvalue weighted by Crippen LogP contribution is -2.46. The molecule has 1 aliphatic rings. The van der Waals surface area contributed by atoms with E-state index in [0.717, 1.165) is 31.8 Å². The Morgan fingerprint density at radius 2 is 2.11 bits per heavy atom. The molecule has 112 valence electrons. The van der Waals surface area contributed by atoms with Crippen molar-refractivity contribution in [1.29, 1.82) is 0 Å². The van der Waals surface area contributed by atoms with E-state index in [1.54, 1.807) is 7.11 Å². The third kappa shape index (κ3) is 5.49. The van der Waals surface area contributed by atoms with Gasteiger partial charge in [-0.3, -0.25) is 4.79 Å². The van der Waals surface area contributed by atoms with Crippen molar-refractivity contribution in [2.45, 2.75) is 46.1 Å². The molecule has 19 heavy (non-hydrogen) atoms. The number of rotatable bonds is 6. The minimum Gasteiger partial charge on any atom is -0.383 e. The van der Waals surface area contributed by atoms with Gasteiger partial charge < -0.3 is 15.0 Å². The highest BCUT2D eigenvalue weighted by Gasteiger charge is 2.28. The van der Waals surface area contributed by atoms with Crippen LogP contribution in [-0.4, -0.2) is 50.2 Å². The zero-order chi connectivity index (χ0) is 14.3. The maximum atomic E-state index is 12.4. The summed E-state index contributed by atoms with van der Waals surface area (Å²) in [6, 6.07) is 0.404. The number of nitrogens with one attached hydrogen (secondary N) is 1. The Morgan fingerprint density at radius 1 is 1.37 bits per heavy atom. The number of carbonyl (C=O) groups excluding carboxylic acids is 1. The van der Waals surface area contributed by atoms with Gasteiger partial charge in [0.25, 0.3) is 0 Å². The Morgan fingerprint density at radius 3 is 2.74 bits per heavy atom. The van der Waals surface area contributed by atoms with E-state index in [1.807, 2.05) is 0 Å². The summed E-state index contributed by atoms with van der Waals surface area (Å²) in [7, 11) is 1.68. The van der Waals surface area contributed by atoms with Gasteiger partial charge in [0.05, 0.1) is 13.2 Å². The summed E-state index contributed by atoms with van der Waals surface area (Å²) < 4.78 is 4.98. The highest BCUT2D eigenvalue weighted by molar-refractivity contribution is 5.78. The molecule has 1 heterocycles. The van der Waals surface area contributed by atoms with E-state index in [2.05, 4.69) is 31.0 Å². The summed E-state index contributed by atoms with van der Waals surface area (Å²) in [5.41, 5.74) is 0. The summed E-state index contributed by atoms with van der Waals surface area (Å²) in [6.45, 7) is 9.47. The molecule has 0 aromatic rings. The van der Waals surface area contributed by atoms with Crippen LogP contribution in [0.1, 0.15) is 40.0 Å². The molecule has 0 unspecified atom stereocenters. The molecule has 0 aliphatic carbocycles. The summed E-state index contributed by atoms with van der Waals surface area (Å²) in [6.07, 6.45) is 3.51. The molecular formula is C15H30N2O2. The molecule has 2 atom stereocenters. The number of ether oxygens (including phenoxy) is 1. The van der Waals surface area contributed by atoms with E-state index >= 15 is 0 Å². The normalized spacial score (nSPS) is 24.6. The molecule has 0 bridgehead atoms. The second kappa shape index (κ2) is 8.54. The summed E-state index contributed by atoms with van der Waals surface area (Å²) >= 11 is 0. The van der Waals surface area contributed by atoms with Crippen LogP contribution in [0.4, 0.5) is 0 Å². The molecule has 0 aromatic carbocycles. The minimum atomic E-state index is 0.240. The summed E-state index contributed by atoms with van der Waals surface area (Å²) in [4.78, 5) is 14.5. The van der Waals surface area contributed by atoms with Gasteiger partial charge in [-0.25, -0.2) is 0 Å². The Labute approximate surface area is 117 Å². The van der Waals surface area contributed by atoms with Crippen molar-refractivity contribution in [3.8, 4) is 0 Å². The summed E-state index contributed by atoms with van der Waals surface area (Å²) in [5, 5.41) is 3.16.